The molecule has 0 radical (unpaired) electrons. The monoisotopic (exact) mass is 370 g/mol. The second-order valence-corrected chi connectivity index (χ2v) is 8.20. The van der Waals surface area contributed by atoms with Crippen LogP contribution in [-0.2, 0) is 14.8 Å². The maximum absolute atomic E-state index is 12.8. The number of aliphatic carboxylic acids is 1. The van der Waals surface area contributed by atoms with Crippen molar-refractivity contribution in [3.63, 3.8) is 0 Å². The van der Waals surface area contributed by atoms with E-state index in [9.17, 15) is 23.1 Å². The molecule has 0 saturated heterocycles. The van der Waals surface area contributed by atoms with E-state index in [-0.39, 0.29) is 10.5 Å². The van der Waals surface area contributed by atoms with E-state index in [4.69, 9.17) is 0 Å². The molecule has 0 saturated carbocycles. The van der Waals surface area contributed by atoms with Gasteiger partial charge in [-0.05, 0) is 38.5 Å². The summed E-state index contributed by atoms with van der Waals surface area (Å²) in [6.45, 7) is 8.62. The Morgan fingerprint density at radius 1 is 1.16 bits per heavy atom. The van der Waals surface area contributed by atoms with Gasteiger partial charge in [0.1, 0.15) is 5.54 Å². The minimum absolute atomic E-state index is 0.0589. The fourth-order valence-corrected chi connectivity index (χ4v) is 4.01. The number of aryl methyl sites for hydroxylation is 1. The average Bonchev–Trinajstić information content (AvgIpc) is 2.54. The maximum Gasteiger partial charge on any atom is 0.329 e. The van der Waals surface area contributed by atoms with Crippen LogP contribution in [-0.4, -0.2) is 60.3 Å². The highest BCUT2D eigenvalue weighted by molar-refractivity contribution is 7.89. The number of likely N-dealkylation sites (N-methyl/N-ethyl adjacent to an activating group) is 1. The number of rotatable bonds is 7. The third kappa shape index (κ3) is 4.01. The number of hydrogen-bond donors (Lipinski definition) is 1. The number of carbonyl (C=O) groups is 2. The molecule has 0 aliphatic carbocycles. The molecule has 1 N–H and O–H groups in total. The van der Waals surface area contributed by atoms with E-state index in [1.165, 1.54) is 37.3 Å². The van der Waals surface area contributed by atoms with Crippen molar-refractivity contribution in [3.8, 4) is 0 Å². The Bertz CT molecular complexity index is 767. The lowest BCUT2D eigenvalue weighted by molar-refractivity contribution is -0.147. The summed E-state index contributed by atoms with van der Waals surface area (Å²) < 4.78 is 26.9. The zero-order valence-electron chi connectivity index (χ0n) is 15.5. The van der Waals surface area contributed by atoms with Crippen LogP contribution in [0.3, 0.4) is 0 Å². The topological polar surface area (TPSA) is 95.0 Å². The SMILES string of the molecule is CCN(CC)S(=O)(=O)c1cc(C(=O)N(C)C(C)(C)C(=O)O)ccc1C. The average molecular weight is 370 g/mol. The number of nitrogens with zero attached hydrogens (tertiary/aromatic N) is 2. The summed E-state index contributed by atoms with van der Waals surface area (Å²) in [6, 6.07) is 4.39. The van der Waals surface area contributed by atoms with Crippen LogP contribution >= 0.6 is 0 Å². The molecule has 0 aliphatic heterocycles. The van der Waals surface area contributed by atoms with Gasteiger partial charge in [0, 0.05) is 25.7 Å². The van der Waals surface area contributed by atoms with Gasteiger partial charge in [-0.1, -0.05) is 19.9 Å². The zero-order chi connectivity index (χ0) is 19.6. The minimum atomic E-state index is -3.72. The van der Waals surface area contributed by atoms with E-state index < -0.39 is 27.4 Å². The van der Waals surface area contributed by atoms with Crippen molar-refractivity contribution in [3.05, 3.63) is 29.3 Å². The van der Waals surface area contributed by atoms with Crippen LogP contribution < -0.4 is 0 Å². The number of sulfonamides is 1. The number of carboxylic acids is 1. The number of carbonyl (C=O) groups excluding carboxylic acids is 1. The van der Waals surface area contributed by atoms with Gasteiger partial charge in [0.15, 0.2) is 0 Å². The molecule has 1 aromatic carbocycles. The van der Waals surface area contributed by atoms with E-state index in [0.29, 0.717) is 18.7 Å². The lowest BCUT2D eigenvalue weighted by Crippen LogP contribution is -2.50. The first kappa shape index (κ1) is 21.1. The summed E-state index contributed by atoms with van der Waals surface area (Å²) >= 11 is 0. The molecule has 0 spiro atoms. The number of carboxylic acid groups (broad SMARTS) is 1. The summed E-state index contributed by atoms with van der Waals surface area (Å²) in [5.41, 5.74) is -0.753. The molecule has 1 rings (SSSR count). The van der Waals surface area contributed by atoms with Gasteiger partial charge in [-0.3, -0.25) is 4.79 Å². The summed E-state index contributed by atoms with van der Waals surface area (Å²) in [4.78, 5) is 25.1. The van der Waals surface area contributed by atoms with E-state index >= 15 is 0 Å². The van der Waals surface area contributed by atoms with Crippen LogP contribution in [0.25, 0.3) is 0 Å². The molecule has 0 unspecified atom stereocenters. The highest BCUT2D eigenvalue weighted by atomic mass is 32.2. The molecule has 25 heavy (non-hydrogen) atoms. The molecule has 0 atom stereocenters. The van der Waals surface area contributed by atoms with Crippen LogP contribution in [0.15, 0.2) is 23.1 Å². The quantitative estimate of drug-likeness (QED) is 0.792. The molecule has 7 nitrogen and oxygen atoms in total. The Balaban J connectivity index is 3.40. The molecule has 0 bridgehead atoms. The van der Waals surface area contributed by atoms with Gasteiger partial charge in [-0.15, -0.1) is 0 Å². The van der Waals surface area contributed by atoms with Crippen LogP contribution in [0.4, 0.5) is 0 Å². The number of hydrogen-bond acceptors (Lipinski definition) is 4. The van der Waals surface area contributed by atoms with Crippen LogP contribution in [0, 0.1) is 6.92 Å². The Morgan fingerprint density at radius 3 is 2.12 bits per heavy atom. The van der Waals surface area contributed by atoms with Crippen LogP contribution in [0.5, 0.6) is 0 Å². The first-order valence-electron chi connectivity index (χ1n) is 8.03. The Hall–Kier alpha value is -1.93. The Kier molecular flexibility index (Phi) is 6.36. The van der Waals surface area contributed by atoms with Crippen molar-refractivity contribution in [2.75, 3.05) is 20.1 Å². The summed E-state index contributed by atoms with van der Waals surface area (Å²) in [5.74, 6) is -1.70. The molecule has 1 amide bonds. The van der Waals surface area contributed by atoms with Gasteiger partial charge in [0.05, 0.1) is 4.90 Å². The zero-order valence-corrected chi connectivity index (χ0v) is 16.3. The second kappa shape index (κ2) is 7.53. The minimum Gasteiger partial charge on any atom is -0.480 e. The van der Waals surface area contributed by atoms with Crippen molar-refractivity contribution in [1.82, 2.24) is 9.21 Å². The van der Waals surface area contributed by atoms with Crippen molar-refractivity contribution >= 4 is 21.9 Å². The normalized spacial score (nSPS) is 12.3. The Morgan fingerprint density at radius 2 is 1.68 bits per heavy atom. The highest BCUT2D eigenvalue weighted by Crippen LogP contribution is 2.23. The fraction of sp³-hybridized carbons (Fsp3) is 0.529. The van der Waals surface area contributed by atoms with Gasteiger partial charge in [0.25, 0.3) is 5.91 Å². The van der Waals surface area contributed by atoms with Gasteiger partial charge in [-0.25, -0.2) is 13.2 Å². The largest absolute Gasteiger partial charge is 0.480 e. The first-order valence-corrected chi connectivity index (χ1v) is 9.47. The maximum atomic E-state index is 12.8. The van der Waals surface area contributed by atoms with Gasteiger partial charge >= 0.3 is 5.97 Å². The summed E-state index contributed by atoms with van der Waals surface area (Å²) in [6.07, 6.45) is 0. The molecule has 8 heteroatoms. The highest BCUT2D eigenvalue weighted by Gasteiger charge is 2.36. The summed E-state index contributed by atoms with van der Waals surface area (Å²) in [5, 5.41) is 9.28. The standard InChI is InChI=1S/C17H26N2O5S/c1-7-19(8-2)25(23,24)14-11-13(10-9-12(14)3)15(20)18(6)17(4,5)16(21)22/h9-11H,7-8H2,1-6H3,(H,21,22). The van der Waals surface area contributed by atoms with E-state index in [0.717, 1.165) is 4.90 Å². The molecular formula is C17H26N2O5S. The van der Waals surface area contributed by atoms with E-state index in [1.807, 2.05) is 0 Å². The Labute approximate surface area is 149 Å². The predicted molar refractivity (Wildman–Crippen MR) is 95.1 cm³/mol. The fourth-order valence-electron chi connectivity index (χ4n) is 2.30. The van der Waals surface area contributed by atoms with E-state index in [1.54, 1.807) is 26.8 Å². The third-order valence-electron chi connectivity index (χ3n) is 4.42. The third-order valence-corrected chi connectivity index (χ3v) is 6.62. The van der Waals surface area contributed by atoms with Crippen molar-refractivity contribution in [1.29, 1.82) is 0 Å². The molecule has 0 aromatic heterocycles. The van der Waals surface area contributed by atoms with Crippen LogP contribution in [0.1, 0.15) is 43.6 Å². The predicted octanol–water partition coefficient (Wildman–Crippen LogP) is 1.96. The van der Waals surface area contributed by atoms with Gasteiger partial charge in [0.2, 0.25) is 10.0 Å². The first-order chi connectivity index (χ1) is 11.4. The smallest absolute Gasteiger partial charge is 0.329 e. The lowest BCUT2D eigenvalue weighted by atomic mass is 10.0. The molecular weight excluding hydrogens is 344 g/mol. The molecule has 140 valence electrons. The number of benzene rings is 1. The molecule has 1 aromatic rings. The van der Waals surface area contributed by atoms with Crippen molar-refractivity contribution < 1.29 is 23.1 Å². The molecule has 0 fully saturated rings. The van der Waals surface area contributed by atoms with Crippen molar-refractivity contribution in [2.45, 2.75) is 45.1 Å². The van der Waals surface area contributed by atoms with Crippen LogP contribution in [0.2, 0.25) is 0 Å². The molecule has 0 heterocycles. The van der Waals surface area contributed by atoms with E-state index in [2.05, 4.69) is 0 Å². The van der Waals surface area contributed by atoms with Gasteiger partial charge < -0.3 is 10.0 Å². The second-order valence-electron chi connectivity index (χ2n) is 6.30. The number of amides is 1. The lowest BCUT2D eigenvalue weighted by Gasteiger charge is -2.31. The summed E-state index contributed by atoms with van der Waals surface area (Å²) in [7, 11) is -2.34. The van der Waals surface area contributed by atoms with Gasteiger partial charge in [-0.2, -0.15) is 4.31 Å². The molecule has 0 aliphatic rings. The van der Waals surface area contributed by atoms with Crippen molar-refractivity contribution in [2.24, 2.45) is 0 Å².